The number of nitrogens with one attached hydrogen (secondary N) is 1. The lowest BCUT2D eigenvalue weighted by molar-refractivity contribution is 0.283. The van der Waals surface area contributed by atoms with Crippen molar-refractivity contribution in [2.45, 2.75) is 46.1 Å². The van der Waals surface area contributed by atoms with E-state index in [4.69, 9.17) is 5.11 Å². The molecule has 2 nitrogen and oxygen atoms in total. The fraction of sp³-hybridized carbons (Fsp3) is 0.818. The van der Waals surface area contributed by atoms with E-state index >= 15 is 0 Å². The quantitative estimate of drug-likeness (QED) is 0.470. The second kappa shape index (κ2) is 8.27. The molecular weight excluding hydrogens is 162 g/mol. The van der Waals surface area contributed by atoms with E-state index in [1.807, 2.05) is 0 Å². The highest BCUT2D eigenvalue weighted by Crippen LogP contribution is 2.00. The summed E-state index contributed by atoms with van der Waals surface area (Å²) in [7, 11) is 0. The molecule has 0 amide bonds. The standard InChI is InChI=1S/C11H23NO/c1-10(2)6-4-7-11(3)12-8-5-9-13/h6,11-13H,4-5,7-9H2,1-3H3. The van der Waals surface area contributed by atoms with E-state index in [0.717, 1.165) is 19.4 Å². The molecule has 0 aromatic carbocycles. The molecule has 13 heavy (non-hydrogen) atoms. The summed E-state index contributed by atoms with van der Waals surface area (Å²) in [6.45, 7) is 7.66. The number of allylic oxidation sites excluding steroid dienone is 2. The third-order valence-electron chi connectivity index (χ3n) is 1.98. The Hall–Kier alpha value is -0.340. The minimum absolute atomic E-state index is 0.285. The number of aliphatic hydroxyl groups excluding tert-OH is 1. The van der Waals surface area contributed by atoms with Gasteiger partial charge in [-0.05, 0) is 46.6 Å². The smallest absolute Gasteiger partial charge is 0.0443 e. The number of hydrogen-bond donors (Lipinski definition) is 2. The Labute approximate surface area is 82.0 Å². The van der Waals surface area contributed by atoms with Gasteiger partial charge >= 0.3 is 0 Å². The Bertz CT molecular complexity index is 139. The van der Waals surface area contributed by atoms with E-state index in [-0.39, 0.29) is 6.61 Å². The zero-order chi connectivity index (χ0) is 10.1. The van der Waals surface area contributed by atoms with Crippen molar-refractivity contribution in [3.05, 3.63) is 11.6 Å². The predicted octanol–water partition coefficient (Wildman–Crippen LogP) is 2.09. The molecule has 0 spiro atoms. The van der Waals surface area contributed by atoms with Crippen LogP contribution in [0.2, 0.25) is 0 Å². The Kier molecular flexibility index (Phi) is 8.05. The SMILES string of the molecule is CC(C)=CCCC(C)NCCCO. The molecule has 0 radical (unpaired) electrons. The van der Waals surface area contributed by atoms with Crippen LogP contribution in [0.5, 0.6) is 0 Å². The maximum atomic E-state index is 8.58. The van der Waals surface area contributed by atoms with Crippen LogP contribution in [-0.2, 0) is 0 Å². The first kappa shape index (κ1) is 12.7. The second-order valence-corrected chi connectivity index (χ2v) is 3.79. The van der Waals surface area contributed by atoms with Gasteiger partial charge < -0.3 is 10.4 Å². The van der Waals surface area contributed by atoms with Crippen molar-refractivity contribution in [3.63, 3.8) is 0 Å². The number of aliphatic hydroxyl groups is 1. The van der Waals surface area contributed by atoms with Crippen LogP contribution in [0.25, 0.3) is 0 Å². The molecule has 2 N–H and O–H groups in total. The normalized spacial score (nSPS) is 12.6. The Morgan fingerprint density at radius 2 is 2.15 bits per heavy atom. The average molecular weight is 185 g/mol. The zero-order valence-electron chi connectivity index (χ0n) is 9.14. The van der Waals surface area contributed by atoms with Crippen molar-refractivity contribution in [2.75, 3.05) is 13.2 Å². The molecule has 0 bridgehead atoms. The minimum atomic E-state index is 0.285. The van der Waals surface area contributed by atoms with E-state index in [1.165, 1.54) is 12.0 Å². The summed E-state index contributed by atoms with van der Waals surface area (Å²) in [6, 6.07) is 0.558. The topological polar surface area (TPSA) is 32.3 Å². The third-order valence-corrected chi connectivity index (χ3v) is 1.98. The van der Waals surface area contributed by atoms with Crippen molar-refractivity contribution >= 4 is 0 Å². The first-order valence-electron chi connectivity index (χ1n) is 5.14. The lowest BCUT2D eigenvalue weighted by Gasteiger charge is -2.11. The number of rotatable bonds is 7. The summed E-state index contributed by atoms with van der Waals surface area (Å²) >= 11 is 0. The van der Waals surface area contributed by atoms with E-state index in [1.54, 1.807) is 0 Å². The maximum Gasteiger partial charge on any atom is 0.0443 e. The molecule has 0 aliphatic heterocycles. The Morgan fingerprint density at radius 3 is 2.69 bits per heavy atom. The fourth-order valence-corrected chi connectivity index (χ4v) is 1.15. The van der Waals surface area contributed by atoms with Gasteiger partial charge in [0, 0.05) is 12.6 Å². The van der Waals surface area contributed by atoms with Gasteiger partial charge in [-0.15, -0.1) is 0 Å². The second-order valence-electron chi connectivity index (χ2n) is 3.79. The Morgan fingerprint density at radius 1 is 1.46 bits per heavy atom. The molecule has 0 heterocycles. The largest absolute Gasteiger partial charge is 0.396 e. The van der Waals surface area contributed by atoms with Crippen LogP contribution in [-0.4, -0.2) is 24.3 Å². The van der Waals surface area contributed by atoms with Crippen LogP contribution in [0.1, 0.15) is 40.0 Å². The number of hydrogen-bond acceptors (Lipinski definition) is 2. The molecule has 1 atom stereocenters. The van der Waals surface area contributed by atoms with Crippen molar-refractivity contribution in [3.8, 4) is 0 Å². The van der Waals surface area contributed by atoms with Gasteiger partial charge in [0.1, 0.15) is 0 Å². The van der Waals surface area contributed by atoms with Gasteiger partial charge in [0.15, 0.2) is 0 Å². The first-order valence-corrected chi connectivity index (χ1v) is 5.14. The van der Waals surface area contributed by atoms with Gasteiger partial charge in [0.2, 0.25) is 0 Å². The maximum absolute atomic E-state index is 8.58. The van der Waals surface area contributed by atoms with Crippen molar-refractivity contribution in [1.82, 2.24) is 5.32 Å². The minimum Gasteiger partial charge on any atom is -0.396 e. The lowest BCUT2D eigenvalue weighted by atomic mass is 10.1. The summed E-state index contributed by atoms with van der Waals surface area (Å²) in [5.41, 5.74) is 1.39. The van der Waals surface area contributed by atoms with E-state index < -0.39 is 0 Å². The van der Waals surface area contributed by atoms with Crippen LogP contribution in [0.4, 0.5) is 0 Å². The summed E-state index contributed by atoms with van der Waals surface area (Å²) in [6.07, 6.45) is 5.45. The third kappa shape index (κ3) is 9.57. The van der Waals surface area contributed by atoms with Gasteiger partial charge in [0.05, 0.1) is 0 Å². The summed E-state index contributed by atoms with van der Waals surface area (Å²) < 4.78 is 0. The van der Waals surface area contributed by atoms with Gasteiger partial charge in [-0.25, -0.2) is 0 Å². The fourth-order valence-electron chi connectivity index (χ4n) is 1.15. The molecule has 0 aliphatic carbocycles. The molecule has 0 fully saturated rings. The molecular formula is C11H23NO. The van der Waals surface area contributed by atoms with Crippen LogP contribution in [0.15, 0.2) is 11.6 Å². The summed E-state index contributed by atoms with van der Waals surface area (Å²) in [5.74, 6) is 0. The first-order chi connectivity index (χ1) is 6.16. The molecule has 0 aromatic rings. The van der Waals surface area contributed by atoms with Gasteiger partial charge in [-0.3, -0.25) is 0 Å². The van der Waals surface area contributed by atoms with Crippen molar-refractivity contribution in [2.24, 2.45) is 0 Å². The lowest BCUT2D eigenvalue weighted by Crippen LogP contribution is -2.27. The predicted molar refractivity (Wildman–Crippen MR) is 57.8 cm³/mol. The monoisotopic (exact) mass is 185 g/mol. The molecule has 2 heteroatoms. The van der Waals surface area contributed by atoms with Crippen LogP contribution >= 0.6 is 0 Å². The van der Waals surface area contributed by atoms with E-state index in [9.17, 15) is 0 Å². The molecule has 0 saturated carbocycles. The highest BCUT2D eigenvalue weighted by atomic mass is 16.3. The molecule has 78 valence electrons. The van der Waals surface area contributed by atoms with E-state index in [0.29, 0.717) is 6.04 Å². The molecule has 0 saturated heterocycles. The molecule has 1 unspecified atom stereocenters. The van der Waals surface area contributed by atoms with E-state index in [2.05, 4.69) is 32.2 Å². The summed E-state index contributed by atoms with van der Waals surface area (Å²) in [4.78, 5) is 0. The zero-order valence-corrected chi connectivity index (χ0v) is 9.14. The Balaban J connectivity index is 3.30. The highest BCUT2D eigenvalue weighted by Gasteiger charge is 1.98. The van der Waals surface area contributed by atoms with Gasteiger partial charge in [-0.1, -0.05) is 11.6 Å². The molecule has 0 aromatic heterocycles. The van der Waals surface area contributed by atoms with Crippen LogP contribution in [0.3, 0.4) is 0 Å². The summed E-state index contributed by atoms with van der Waals surface area (Å²) in [5, 5.41) is 11.9. The van der Waals surface area contributed by atoms with Gasteiger partial charge in [0.25, 0.3) is 0 Å². The van der Waals surface area contributed by atoms with Crippen LogP contribution in [0, 0.1) is 0 Å². The average Bonchev–Trinajstić information content (AvgIpc) is 2.04. The van der Waals surface area contributed by atoms with Gasteiger partial charge in [-0.2, -0.15) is 0 Å². The molecule has 0 rings (SSSR count). The van der Waals surface area contributed by atoms with Crippen LogP contribution < -0.4 is 5.32 Å². The highest BCUT2D eigenvalue weighted by molar-refractivity contribution is 4.93. The molecule has 0 aliphatic rings. The van der Waals surface area contributed by atoms with Crippen molar-refractivity contribution < 1.29 is 5.11 Å². The van der Waals surface area contributed by atoms with Crippen molar-refractivity contribution in [1.29, 1.82) is 0 Å².